The third-order valence-electron chi connectivity index (χ3n) is 6.80. The topological polar surface area (TPSA) is 125 Å². The van der Waals surface area contributed by atoms with E-state index in [2.05, 4.69) is 12.2 Å². The first-order valence-corrected chi connectivity index (χ1v) is 13.0. The molecule has 202 valence electrons. The molecule has 3 N–H and O–H groups in total. The van der Waals surface area contributed by atoms with Gasteiger partial charge in [0.25, 0.3) is 0 Å². The van der Waals surface area contributed by atoms with Gasteiger partial charge in [0, 0.05) is 29.8 Å². The summed E-state index contributed by atoms with van der Waals surface area (Å²) in [7, 11) is 1.45. The normalized spacial score (nSPS) is 22.0. The van der Waals surface area contributed by atoms with E-state index < -0.39 is 30.1 Å². The van der Waals surface area contributed by atoms with E-state index in [4.69, 9.17) is 9.47 Å². The van der Waals surface area contributed by atoms with E-state index in [0.717, 1.165) is 25.7 Å². The summed E-state index contributed by atoms with van der Waals surface area (Å²) in [5.41, 5.74) is 1.22. The Hall–Kier alpha value is -3.17. The van der Waals surface area contributed by atoms with E-state index in [1.807, 2.05) is 6.92 Å². The van der Waals surface area contributed by atoms with Gasteiger partial charge in [-0.3, -0.25) is 14.4 Å². The number of nitrogens with zero attached hydrogens (tertiary/aromatic N) is 1. The Bertz CT molecular complexity index is 1040. The molecule has 9 nitrogen and oxygen atoms in total. The molecule has 1 aromatic carbocycles. The zero-order chi connectivity index (χ0) is 26.9. The number of hydrogen-bond donors (Lipinski definition) is 3. The van der Waals surface area contributed by atoms with Crippen molar-refractivity contribution in [1.82, 2.24) is 10.2 Å². The third-order valence-corrected chi connectivity index (χ3v) is 6.80. The van der Waals surface area contributed by atoms with Gasteiger partial charge in [0.15, 0.2) is 11.5 Å². The van der Waals surface area contributed by atoms with Crippen LogP contribution in [0.25, 0.3) is 0 Å². The molecule has 0 saturated heterocycles. The molecular weight excluding hydrogens is 476 g/mol. The number of aliphatic hydroxyl groups excluding tert-OH is 2. The molecule has 0 spiro atoms. The molecule has 1 aromatic rings. The molecule has 1 aliphatic carbocycles. The number of nitrogens with one attached hydrogen (secondary N) is 1. The first-order valence-electron chi connectivity index (χ1n) is 13.0. The van der Waals surface area contributed by atoms with Crippen molar-refractivity contribution in [3.63, 3.8) is 0 Å². The van der Waals surface area contributed by atoms with Crippen LogP contribution in [0, 0.1) is 0 Å². The number of carbonyl (C=O) groups excluding carboxylic acids is 3. The molecule has 2 amide bonds. The van der Waals surface area contributed by atoms with Gasteiger partial charge in [-0.05, 0) is 37.1 Å². The van der Waals surface area contributed by atoms with E-state index in [-0.39, 0.29) is 19.1 Å². The maximum absolute atomic E-state index is 13.3. The number of allylic oxidation sites excluding steroid dienone is 1. The van der Waals surface area contributed by atoms with Crippen LogP contribution in [0.2, 0.25) is 0 Å². The molecule has 37 heavy (non-hydrogen) atoms. The maximum Gasteiger partial charge on any atom is 0.247 e. The second-order valence-electron chi connectivity index (χ2n) is 9.31. The Balaban J connectivity index is 2.08. The van der Waals surface area contributed by atoms with Crippen LogP contribution in [-0.2, 0) is 9.59 Å². The van der Waals surface area contributed by atoms with Gasteiger partial charge in [-0.1, -0.05) is 39.2 Å². The lowest BCUT2D eigenvalue weighted by Gasteiger charge is -2.40. The fourth-order valence-electron chi connectivity index (χ4n) is 4.99. The third kappa shape index (κ3) is 6.22. The van der Waals surface area contributed by atoms with Crippen LogP contribution in [0.5, 0.6) is 11.5 Å². The lowest BCUT2D eigenvalue weighted by atomic mass is 9.77. The van der Waals surface area contributed by atoms with E-state index in [0.29, 0.717) is 47.5 Å². The Morgan fingerprint density at radius 1 is 1.22 bits per heavy atom. The predicted molar refractivity (Wildman–Crippen MR) is 139 cm³/mol. The van der Waals surface area contributed by atoms with E-state index >= 15 is 0 Å². The molecule has 0 aromatic heterocycles. The van der Waals surface area contributed by atoms with E-state index in [1.165, 1.54) is 13.2 Å². The average molecular weight is 515 g/mol. The highest BCUT2D eigenvalue weighted by atomic mass is 16.5. The fourth-order valence-corrected chi connectivity index (χ4v) is 4.99. The summed E-state index contributed by atoms with van der Waals surface area (Å²) in [4.78, 5) is 39.7. The molecule has 9 heteroatoms. The number of methoxy groups -OCH3 is 1. The molecular formula is C28H38N2O7. The smallest absolute Gasteiger partial charge is 0.247 e. The number of aldehydes is 1. The Morgan fingerprint density at radius 3 is 2.65 bits per heavy atom. The van der Waals surface area contributed by atoms with Crippen molar-refractivity contribution in [2.24, 2.45) is 0 Å². The first-order chi connectivity index (χ1) is 17.9. The number of hydrogen-bond acceptors (Lipinski definition) is 7. The van der Waals surface area contributed by atoms with Gasteiger partial charge in [-0.2, -0.15) is 0 Å². The highest BCUT2D eigenvalue weighted by Gasteiger charge is 2.51. The van der Waals surface area contributed by atoms with Gasteiger partial charge < -0.3 is 29.9 Å². The van der Waals surface area contributed by atoms with Gasteiger partial charge >= 0.3 is 0 Å². The first kappa shape index (κ1) is 28.4. The van der Waals surface area contributed by atoms with Gasteiger partial charge in [0.05, 0.1) is 25.7 Å². The van der Waals surface area contributed by atoms with Gasteiger partial charge in [0.1, 0.15) is 18.5 Å². The summed E-state index contributed by atoms with van der Waals surface area (Å²) in [6, 6.07) is 2.37. The molecule has 1 aliphatic heterocycles. The highest BCUT2D eigenvalue weighted by Crippen LogP contribution is 2.51. The summed E-state index contributed by atoms with van der Waals surface area (Å²) in [5, 5.41) is 23.5. The van der Waals surface area contributed by atoms with Gasteiger partial charge in [-0.25, -0.2) is 0 Å². The van der Waals surface area contributed by atoms with E-state index in [9.17, 15) is 24.6 Å². The number of benzene rings is 1. The Labute approximate surface area is 218 Å². The summed E-state index contributed by atoms with van der Waals surface area (Å²) < 4.78 is 11.6. The highest BCUT2D eigenvalue weighted by molar-refractivity contribution is 5.97. The van der Waals surface area contributed by atoms with Gasteiger partial charge in [-0.15, -0.1) is 0 Å². The molecule has 1 heterocycles. The van der Waals surface area contributed by atoms with Crippen LogP contribution in [0.1, 0.15) is 67.8 Å². The summed E-state index contributed by atoms with van der Waals surface area (Å²) >= 11 is 0. The largest absolute Gasteiger partial charge is 0.493 e. The van der Waals surface area contributed by atoms with Crippen molar-refractivity contribution < 1.29 is 34.1 Å². The Kier molecular flexibility index (Phi) is 10.3. The minimum atomic E-state index is -1.14. The lowest BCUT2D eigenvalue weighted by Crippen LogP contribution is -2.55. The molecule has 3 rings (SSSR count). The summed E-state index contributed by atoms with van der Waals surface area (Å²) in [6.45, 7) is 4.27. The van der Waals surface area contributed by atoms with Crippen LogP contribution in [0.15, 0.2) is 35.9 Å². The Morgan fingerprint density at radius 2 is 2.00 bits per heavy atom. The van der Waals surface area contributed by atoms with Crippen molar-refractivity contribution in [2.45, 2.75) is 70.1 Å². The van der Waals surface area contributed by atoms with Crippen molar-refractivity contribution in [3.05, 3.63) is 47.1 Å². The quantitative estimate of drug-likeness (QED) is 0.210. The van der Waals surface area contributed by atoms with Crippen molar-refractivity contribution >= 4 is 18.1 Å². The molecule has 0 bridgehead atoms. The van der Waals surface area contributed by atoms with Crippen LogP contribution in [-0.4, -0.2) is 78.3 Å². The minimum Gasteiger partial charge on any atom is -0.493 e. The summed E-state index contributed by atoms with van der Waals surface area (Å²) in [5.74, 6) is -0.683. The summed E-state index contributed by atoms with van der Waals surface area (Å²) in [6.07, 6.45) is 8.04. The van der Waals surface area contributed by atoms with Crippen LogP contribution in [0.4, 0.5) is 0 Å². The molecule has 2 aliphatic rings. The van der Waals surface area contributed by atoms with Gasteiger partial charge in [0.2, 0.25) is 11.8 Å². The lowest BCUT2D eigenvalue weighted by molar-refractivity contribution is -0.132. The molecule has 0 saturated carbocycles. The molecule has 0 fully saturated rings. The maximum atomic E-state index is 13.3. The number of carbonyl (C=O) groups is 3. The number of unbranched alkanes of at least 4 members (excludes halogenated alkanes) is 3. The van der Waals surface area contributed by atoms with Crippen molar-refractivity contribution in [1.29, 1.82) is 0 Å². The van der Waals surface area contributed by atoms with Crippen molar-refractivity contribution in [2.75, 3.05) is 26.8 Å². The predicted octanol–water partition coefficient (Wildman–Crippen LogP) is 2.51. The van der Waals surface area contributed by atoms with Crippen LogP contribution >= 0.6 is 0 Å². The van der Waals surface area contributed by atoms with Crippen molar-refractivity contribution in [3.8, 4) is 11.5 Å². The van der Waals surface area contributed by atoms with Crippen LogP contribution < -0.4 is 14.8 Å². The SMILES string of the molecule is CCC=CC(=O)N(CCCCCC)[C@@H]1C=C(C(=O)NCCO)[C@@H]2c3cc(C=O)cc(OC)c3O[C@@H]2[C@H]1O. The standard InChI is InChI=1S/C28H38N2O7/c1-4-6-8-9-12-30(23(33)10-7-5-2)21-16-20(28(35)29-11-13-31)24-19-14-18(17-32)15-22(36-3)26(19)37-27(24)25(21)34/h7,10,14-17,21,24-25,27,31,34H,4-6,8-9,11-13H2,1-3H3,(H,29,35)/t21-,24+,25+,27+/m1/s1. The van der Waals surface area contributed by atoms with Crippen LogP contribution in [0.3, 0.4) is 0 Å². The van der Waals surface area contributed by atoms with E-state index in [1.54, 1.807) is 29.2 Å². The zero-order valence-electron chi connectivity index (χ0n) is 21.8. The number of amides is 2. The number of rotatable bonds is 13. The number of ether oxygens (including phenoxy) is 2. The number of aliphatic hydroxyl groups is 2. The minimum absolute atomic E-state index is 0.0467. The molecule has 0 unspecified atom stereocenters. The number of fused-ring (bicyclic) bond motifs is 3. The second kappa shape index (κ2) is 13.4. The molecule has 0 radical (unpaired) electrons. The second-order valence-corrected chi connectivity index (χ2v) is 9.31. The monoisotopic (exact) mass is 514 g/mol. The molecule has 4 atom stereocenters. The zero-order valence-corrected chi connectivity index (χ0v) is 21.8. The average Bonchev–Trinajstić information content (AvgIpc) is 3.30. The fraction of sp³-hybridized carbons (Fsp3) is 0.536.